The second kappa shape index (κ2) is 6.78. The molecule has 130 valence electrons. The smallest absolute Gasteiger partial charge is 0.161 e. The fraction of sp³-hybridized carbons (Fsp3) is 0.300. The maximum Gasteiger partial charge on any atom is 0.161 e. The van der Waals surface area contributed by atoms with Gasteiger partial charge in [0.15, 0.2) is 11.5 Å². The van der Waals surface area contributed by atoms with Crippen LogP contribution >= 0.6 is 0 Å². The van der Waals surface area contributed by atoms with Crippen LogP contribution in [0.5, 0.6) is 11.5 Å². The second-order valence-corrected chi connectivity index (χ2v) is 6.27. The quantitative estimate of drug-likeness (QED) is 0.906. The molecule has 1 spiro atoms. The minimum absolute atomic E-state index is 0.342. The van der Waals surface area contributed by atoms with Crippen LogP contribution in [0.25, 0.3) is 5.70 Å². The standard InChI is InChI=1S/C20H21NO4/c1-22-19-11-16(17-12-20(25-21-17)9-10-23-14-20)7-8-18(19)24-13-15-5-3-2-4-6-15/h2-8,11-12,21H,9-10,13-14H2,1H3. The molecule has 1 saturated heterocycles. The normalized spacial score (nSPS) is 21.9. The zero-order chi connectivity index (χ0) is 17.1. The maximum absolute atomic E-state index is 5.91. The zero-order valence-electron chi connectivity index (χ0n) is 14.2. The Balaban J connectivity index is 1.52. The predicted octanol–water partition coefficient (Wildman–Crippen LogP) is 3.31. The summed E-state index contributed by atoms with van der Waals surface area (Å²) in [5, 5.41) is 0. The maximum atomic E-state index is 5.91. The Morgan fingerprint density at radius 1 is 1.12 bits per heavy atom. The number of nitrogens with one attached hydrogen (secondary N) is 1. The van der Waals surface area contributed by atoms with Crippen LogP contribution in [0.3, 0.4) is 0 Å². The number of methoxy groups -OCH3 is 1. The summed E-state index contributed by atoms with van der Waals surface area (Å²) in [6.45, 7) is 1.81. The molecular formula is C20H21NO4. The van der Waals surface area contributed by atoms with E-state index in [-0.39, 0.29) is 5.60 Å². The number of hydrogen-bond acceptors (Lipinski definition) is 5. The highest BCUT2D eigenvalue weighted by molar-refractivity contribution is 5.68. The number of hydrogen-bond donors (Lipinski definition) is 1. The van der Waals surface area contributed by atoms with Crippen molar-refractivity contribution >= 4 is 5.70 Å². The molecule has 2 aromatic rings. The molecule has 0 aromatic heterocycles. The van der Waals surface area contributed by atoms with Crippen LogP contribution in [0.15, 0.2) is 54.6 Å². The van der Waals surface area contributed by atoms with Gasteiger partial charge in [0.25, 0.3) is 0 Å². The lowest BCUT2D eigenvalue weighted by molar-refractivity contribution is -0.0373. The minimum atomic E-state index is -0.342. The van der Waals surface area contributed by atoms with E-state index in [1.54, 1.807) is 7.11 Å². The topological polar surface area (TPSA) is 49.0 Å². The van der Waals surface area contributed by atoms with E-state index < -0.39 is 0 Å². The summed E-state index contributed by atoms with van der Waals surface area (Å²) < 4.78 is 16.9. The minimum Gasteiger partial charge on any atom is -0.493 e. The lowest BCUT2D eigenvalue weighted by Gasteiger charge is -2.15. The molecular weight excluding hydrogens is 318 g/mol. The zero-order valence-corrected chi connectivity index (χ0v) is 14.2. The molecule has 4 rings (SSSR count). The Kier molecular flexibility index (Phi) is 4.34. The van der Waals surface area contributed by atoms with Crippen LogP contribution in [0.1, 0.15) is 17.5 Å². The van der Waals surface area contributed by atoms with Crippen LogP contribution in [-0.2, 0) is 16.2 Å². The summed E-state index contributed by atoms with van der Waals surface area (Å²) in [5.74, 6) is 1.41. The molecule has 1 N–H and O–H groups in total. The molecule has 0 saturated carbocycles. The Bertz CT molecular complexity index is 767. The fourth-order valence-electron chi connectivity index (χ4n) is 3.07. The summed E-state index contributed by atoms with van der Waals surface area (Å²) in [5.41, 5.74) is 5.72. The molecule has 1 fully saturated rings. The number of hydroxylamine groups is 1. The van der Waals surface area contributed by atoms with Gasteiger partial charge in [-0.05, 0) is 29.8 Å². The molecule has 0 radical (unpaired) electrons. The van der Waals surface area contributed by atoms with Crippen molar-refractivity contribution in [2.75, 3.05) is 20.3 Å². The first kappa shape index (κ1) is 16.0. The number of rotatable bonds is 5. The van der Waals surface area contributed by atoms with E-state index in [0.29, 0.717) is 24.7 Å². The molecule has 2 aliphatic rings. The van der Waals surface area contributed by atoms with E-state index in [2.05, 4.69) is 11.6 Å². The first-order valence-electron chi connectivity index (χ1n) is 8.38. The third-order valence-electron chi connectivity index (χ3n) is 4.50. The molecule has 2 heterocycles. The van der Waals surface area contributed by atoms with Crippen LogP contribution < -0.4 is 15.0 Å². The molecule has 0 aliphatic carbocycles. The third-order valence-corrected chi connectivity index (χ3v) is 4.50. The summed E-state index contributed by atoms with van der Waals surface area (Å²) in [4.78, 5) is 5.74. The van der Waals surface area contributed by atoms with Gasteiger partial charge in [-0.2, -0.15) is 0 Å². The van der Waals surface area contributed by atoms with E-state index in [1.165, 1.54) is 0 Å². The van der Waals surface area contributed by atoms with Crippen LogP contribution in [0, 0.1) is 0 Å². The van der Waals surface area contributed by atoms with Crippen LogP contribution in [0.2, 0.25) is 0 Å². The molecule has 1 atom stereocenters. The van der Waals surface area contributed by atoms with Gasteiger partial charge in [0.2, 0.25) is 0 Å². The van der Waals surface area contributed by atoms with Crippen molar-refractivity contribution < 1.29 is 19.0 Å². The summed E-state index contributed by atoms with van der Waals surface area (Å²) >= 11 is 0. The molecule has 2 aromatic carbocycles. The van der Waals surface area contributed by atoms with Crippen LogP contribution in [-0.4, -0.2) is 25.9 Å². The average Bonchev–Trinajstić information content (AvgIpc) is 3.31. The summed E-state index contributed by atoms with van der Waals surface area (Å²) in [6.07, 6.45) is 2.96. The van der Waals surface area contributed by atoms with Gasteiger partial charge in [0.1, 0.15) is 12.2 Å². The van der Waals surface area contributed by atoms with Crippen molar-refractivity contribution in [2.45, 2.75) is 18.6 Å². The molecule has 0 bridgehead atoms. The SMILES string of the molecule is COc1cc(C2=CC3(CCOC3)ON2)ccc1OCc1ccccc1. The van der Waals surface area contributed by atoms with E-state index in [9.17, 15) is 0 Å². The van der Waals surface area contributed by atoms with Gasteiger partial charge in [-0.25, -0.2) is 0 Å². The number of ether oxygens (including phenoxy) is 3. The lowest BCUT2D eigenvalue weighted by Crippen LogP contribution is -2.29. The Morgan fingerprint density at radius 2 is 2.00 bits per heavy atom. The molecule has 1 unspecified atom stereocenters. The molecule has 25 heavy (non-hydrogen) atoms. The van der Waals surface area contributed by atoms with Crippen molar-refractivity contribution in [1.82, 2.24) is 5.48 Å². The molecule has 5 nitrogen and oxygen atoms in total. The lowest BCUT2D eigenvalue weighted by atomic mass is 10.0. The highest BCUT2D eigenvalue weighted by atomic mass is 16.7. The second-order valence-electron chi connectivity index (χ2n) is 6.27. The Hall–Kier alpha value is -2.50. The Morgan fingerprint density at radius 3 is 2.76 bits per heavy atom. The molecule has 5 heteroatoms. The highest BCUT2D eigenvalue weighted by Crippen LogP contribution is 2.36. The van der Waals surface area contributed by atoms with Gasteiger partial charge in [0, 0.05) is 18.6 Å². The average molecular weight is 339 g/mol. The van der Waals surface area contributed by atoms with Crippen molar-refractivity contribution in [1.29, 1.82) is 0 Å². The van der Waals surface area contributed by atoms with Crippen molar-refractivity contribution in [3.63, 3.8) is 0 Å². The van der Waals surface area contributed by atoms with Gasteiger partial charge >= 0.3 is 0 Å². The fourth-order valence-corrected chi connectivity index (χ4v) is 3.07. The molecule has 2 aliphatic heterocycles. The van der Waals surface area contributed by atoms with Gasteiger partial charge in [-0.15, -0.1) is 0 Å². The summed E-state index contributed by atoms with van der Waals surface area (Å²) in [7, 11) is 1.65. The first-order chi connectivity index (χ1) is 12.3. The Labute approximate surface area is 147 Å². The van der Waals surface area contributed by atoms with E-state index in [4.69, 9.17) is 19.0 Å². The predicted molar refractivity (Wildman–Crippen MR) is 94.1 cm³/mol. The monoisotopic (exact) mass is 339 g/mol. The van der Waals surface area contributed by atoms with E-state index >= 15 is 0 Å². The largest absolute Gasteiger partial charge is 0.493 e. The van der Waals surface area contributed by atoms with Crippen LogP contribution in [0.4, 0.5) is 0 Å². The van der Waals surface area contributed by atoms with Gasteiger partial charge in [-0.3, -0.25) is 10.3 Å². The summed E-state index contributed by atoms with van der Waals surface area (Å²) in [6, 6.07) is 15.9. The number of benzene rings is 2. The van der Waals surface area contributed by atoms with Crippen molar-refractivity contribution in [3.8, 4) is 11.5 Å². The highest BCUT2D eigenvalue weighted by Gasteiger charge is 2.39. The first-order valence-corrected chi connectivity index (χ1v) is 8.38. The van der Waals surface area contributed by atoms with Gasteiger partial charge < -0.3 is 14.2 Å². The van der Waals surface area contributed by atoms with E-state index in [0.717, 1.165) is 29.9 Å². The van der Waals surface area contributed by atoms with Gasteiger partial charge in [-0.1, -0.05) is 30.3 Å². The van der Waals surface area contributed by atoms with Gasteiger partial charge in [0.05, 0.1) is 19.4 Å². The van der Waals surface area contributed by atoms with E-state index in [1.807, 2.05) is 48.5 Å². The third kappa shape index (κ3) is 3.34. The van der Waals surface area contributed by atoms with Crippen molar-refractivity contribution in [2.24, 2.45) is 0 Å². The molecule has 0 amide bonds. The van der Waals surface area contributed by atoms with Crippen molar-refractivity contribution in [3.05, 3.63) is 65.7 Å².